The lowest BCUT2D eigenvalue weighted by atomic mass is 10.2. The van der Waals surface area contributed by atoms with Crippen LogP contribution in [-0.2, 0) is 16.6 Å². The van der Waals surface area contributed by atoms with Gasteiger partial charge in [0.25, 0.3) is 5.91 Å². The van der Waals surface area contributed by atoms with Gasteiger partial charge in [-0.25, -0.2) is 13.1 Å². The van der Waals surface area contributed by atoms with Crippen molar-refractivity contribution in [3.8, 4) is 0 Å². The maximum atomic E-state index is 12.3. The third-order valence-electron chi connectivity index (χ3n) is 3.41. The van der Waals surface area contributed by atoms with E-state index in [-0.39, 0.29) is 22.9 Å². The van der Waals surface area contributed by atoms with E-state index in [9.17, 15) is 13.2 Å². The summed E-state index contributed by atoms with van der Waals surface area (Å²) in [5, 5.41) is 2.73. The number of pyridine rings is 1. The summed E-state index contributed by atoms with van der Waals surface area (Å²) in [5.74, 6) is -0.351. The average Bonchev–Trinajstić information content (AvgIpc) is 2.60. The highest BCUT2D eigenvalue weighted by Crippen LogP contribution is 2.11. The topological polar surface area (TPSA) is 91.4 Å². The van der Waals surface area contributed by atoms with E-state index < -0.39 is 10.0 Å². The minimum atomic E-state index is -3.65. The van der Waals surface area contributed by atoms with Crippen LogP contribution in [0, 0.1) is 0 Å². The Labute approximate surface area is 148 Å². The highest BCUT2D eigenvalue weighted by Gasteiger charge is 2.16. The number of likely N-dealkylation sites (N-methyl/N-ethyl adjacent to an activating group) is 1. The number of benzene rings is 1. The number of hydrogen-bond acceptors (Lipinski definition) is 5. The van der Waals surface area contributed by atoms with Crippen LogP contribution in [0.5, 0.6) is 0 Å². The molecule has 25 heavy (non-hydrogen) atoms. The zero-order chi connectivity index (χ0) is 18.3. The van der Waals surface area contributed by atoms with E-state index >= 15 is 0 Å². The van der Waals surface area contributed by atoms with Crippen LogP contribution in [0.15, 0.2) is 53.6 Å². The first-order valence-corrected chi connectivity index (χ1v) is 9.29. The molecule has 0 saturated carbocycles. The number of hydrogen-bond donors (Lipinski definition) is 2. The quantitative estimate of drug-likeness (QED) is 0.726. The molecule has 0 bridgehead atoms. The second-order valence-corrected chi connectivity index (χ2v) is 7.50. The SMILES string of the molecule is CN(C)CCNS(=O)(=O)c1cccc(C(=O)NCc2ccccn2)c1. The largest absolute Gasteiger partial charge is 0.346 e. The van der Waals surface area contributed by atoms with Gasteiger partial charge in [-0.1, -0.05) is 12.1 Å². The molecule has 0 radical (unpaired) electrons. The van der Waals surface area contributed by atoms with Crippen LogP contribution in [0.1, 0.15) is 16.1 Å². The molecule has 8 heteroatoms. The summed E-state index contributed by atoms with van der Waals surface area (Å²) in [6.45, 7) is 1.16. The van der Waals surface area contributed by atoms with Crippen LogP contribution in [0.3, 0.4) is 0 Å². The first kappa shape index (κ1) is 19.0. The van der Waals surface area contributed by atoms with Gasteiger partial charge in [0.1, 0.15) is 0 Å². The molecule has 0 saturated heterocycles. The number of nitrogens with zero attached hydrogens (tertiary/aromatic N) is 2. The summed E-state index contributed by atoms with van der Waals surface area (Å²) in [6.07, 6.45) is 1.65. The van der Waals surface area contributed by atoms with Crippen molar-refractivity contribution in [3.63, 3.8) is 0 Å². The molecule has 7 nitrogen and oxygen atoms in total. The maximum absolute atomic E-state index is 12.3. The molecule has 134 valence electrons. The lowest BCUT2D eigenvalue weighted by Gasteiger charge is -2.11. The first-order valence-electron chi connectivity index (χ1n) is 7.81. The van der Waals surface area contributed by atoms with E-state index in [1.165, 1.54) is 12.1 Å². The Morgan fingerprint density at radius 1 is 1.16 bits per heavy atom. The van der Waals surface area contributed by atoms with E-state index in [4.69, 9.17) is 0 Å². The molecule has 1 amide bonds. The van der Waals surface area contributed by atoms with Gasteiger partial charge < -0.3 is 10.2 Å². The fourth-order valence-corrected chi connectivity index (χ4v) is 3.13. The first-order chi connectivity index (χ1) is 11.9. The molecule has 0 spiro atoms. The van der Waals surface area contributed by atoms with Crippen LogP contribution in [-0.4, -0.2) is 51.4 Å². The molecule has 0 aliphatic heterocycles. The third kappa shape index (κ3) is 5.93. The van der Waals surface area contributed by atoms with Crippen molar-refractivity contribution in [1.82, 2.24) is 19.9 Å². The second kappa shape index (κ2) is 8.70. The fraction of sp³-hybridized carbons (Fsp3) is 0.294. The van der Waals surface area contributed by atoms with Crippen LogP contribution in [0.25, 0.3) is 0 Å². The number of sulfonamides is 1. The minimum absolute atomic E-state index is 0.0664. The number of carbonyl (C=O) groups is 1. The summed E-state index contributed by atoms with van der Waals surface area (Å²) < 4.78 is 27.1. The number of carbonyl (C=O) groups excluding carboxylic acids is 1. The Balaban J connectivity index is 2.03. The maximum Gasteiger partial charge on any atom is 0.251 e. The van der Waals surface area contributed by atoms with Crippen molar-refractivity contribution < 1.29 is 13.2 Å². The summed E-state index contributed by atoms with van der Waals surface area (Å²) in [6, 6.07) is 11.4. The zero-order valence-corrected chi connectivity index (χ0v) is 15.1. The predicted molar refractivity (Wildman–Crippen MR) is 95.6 cm³/mol. The average molecular weight is 362 g/mol. The van der Waals surface area contributed by atoms with Gasteiger partial charge in [-0.3, -0.25) is 9.78 Å². The molecule has 0 aliphatic rings. The zero-order valence-electron chi connectivity index (χ0n) is 14.3. The van der Waals surface area contributed by atoms with Crippen molar-refractivity contribution in [3.05, 3.63) is 59.9 Å². The normalized spacial score (nSPS) is 11.5. The van der Waals surface area contributed by atoms with Crippen molar-refractivity contribution in [1.29, 1.82) is 0 Å². The fourth-order valence-electron chi connectivity index (χ4n) is 2.07. The summed E-state index contributed by atoms with van der Waals surface area (Å²) in [7, 11) is 0.0758. The number of aromatic nitrogens is 1. The summed E-state index contributed by atoms with van der Waals surface area (Å²) in [4.78, 5) is 18.3. The molecule has 1 aromatic heterocycles. The van der Waals surface area contributed by atoms with Gasteiger partial charge in [-0.2, -0.15) is 0 Å². The van der Waals surface area contributed by atoms with Crippen LogP contribution in [0.4, 0.5) is 0 Å². The Bertz CT molecular complexity index is 808. The van der Waals surface area contributed by atoms with Gasteiger partial charge in [0, 0.05) is 24.8 Å². The molecule has 1 aromatic carbocycles. The van der Waals surface area contributed by atoms with E-state index in [1.54, 1.807) is 30.5 Å². The van der Waals surface area contributed by atoms with E-state index in [0.29, 0.717) is 13.1 Å². The van der Waals surface area contributed by atoms with Crippen molar-refractivity contribution in [2.24, 2.45) is 0 Å². The van der Waals surface area contributed by atoms with E-state index in [1.807, 2.05) is 25.1 Å². The van der Waals surface area contributed by atoms with Gasteiger partial charge in [0.15, 0.2) is 0 Å². The number of rotatable bonds is 8. The minimum Gasteiger partial charge on any atom is -0.346 e. The lowest BCUT2D eigenvalue weighted by Crippen LogP contribution is -2.31. The Morgan fingerprint density at radius 2 is 1.96 bits per heavy atom. The monoisotopic (exact) mass is 362 g/mol. The van der Waals surface area contributed by atoms with Gasteiger partial charge in [-0.05, 0) is 44.4 Å². The van der Waals surface area contributed by atoms with E-state index in [0.717, 1.165) is 5.69 Å². The molecule has 0 atom stereocenters. The molecule has 2 rings (SSSR count). The van der Waals surface area contributed by atoms with Crippen molar-refractivity contribution in [2.45, 2.75) is 11.4 Å². The summed E-state index contributed by atoms with van der Waals surface area (Å²) >= 11 is 0. The highest BCUT2D eigenvalue weighted by molar-refractivity contribution is 7.89. The molecule has 1 heterocycles. The molecular weight excluding hydrogens is 340 g/mol. The predicted octanol–water partition coefficient (Wildman–Crippen LogP) is 0.852. The van der Waals surface area contributed by atoms with Gasteiger partial charge in [0.05, 0.1) is 17.1 Å². The van der Waals surface area contributed by atoms with E-state index in [2.05, 4.69) is 15.0 Å². The van der Waals surface area contributed by atoms with Gasteiger partial charge in [-0.15, -0.1) is 0 Å². The molecule has 2 aromatic rings. The molecule has 0 unspecified atom stereocenters. The highest BCUT2D eigenvalue weighted by atomic mass is 32.2. The Hall–Kier alpha value is -2.29. The second-order valence-electron chi connectivity index (χ2n) is 5.73. The van der Waals surface area contributed by atoms with Gasteiger partial charge >= 0.3 is 0 Å². The van der Waals surface area contributed by atoms with Crippen LogP contribution < -0.4 is 10.0 Å². The molecule has 0 fully saturated rings. The smallest absolute Gasteiger partial charge is 0.251 e. The summed E-state index contributed by atoms with van der Waals surface area (Å²) in [5.41, 5.74) is 1.01. The Kier molecular flexibility index (Phi) is 6.63. The molecular formula is C17H22N4O3S. The third-order valence-corrected chi connectivity index (χ3v) is 4.87. The standard InChI is InChI=1S/C17H22N4O3S/c1-21(2)11-10-20-25(23,24)16-8-5-6-14(12-16)17(22)19-13-15-7-3-4-9-18-15/h3-9,12,20H,10-11,13H2,1-2H3,(H,19,22). The molecule has 2 N–H and O–H groups in total. The number of nitrogens with one attached hydrogen (secondary N) is 2. The Morgan fingerprint density at radius 3 is 2.64 bits per heavy atom. The number of amides is 1. The van der Waals surface area contributed by atoms with Crippen LogP contribution in [0.2, 0.25) is 0 Å². The van der Waals surface area contributed by atoms with Crippen molar-refractivity contribution >= 4 is 15.9 Å². The lowest BCUT2D eigenvalue weighted by molar-refractivity contribution is 0.0950. The van der Waals surface area contributed by atoms with Crippen LogP contribution >= 0.6 is 0 Å². The van der Waals surface area contributed by atoms with Crippen molar-refractivity contribution in [2.75, 3.05) is 27.2 Å². The molecule has 0 aliphatic carbocycles. The van der Waals surface area contributed by atoms with Gasteiger partial charge in [0.2, 0.25) is 10.0 Å².